The molecule has 1 rings (SSSR count). The quantitative estimate of drug-likeness (QED) is 0.731. The Morgan fingerprint density at radius 1 is 1.29 bits per heavy atom. The predicted octanol–water partition coefficient (Wildman–Crippen LogP) is 3.21. The second-order valence-corrected chi connectivity index (χ2v) is 4.77. The summed E-state index contributed by atoms with van der Waals surface area (Å²) < 4.78 is 12.8. The van der Waals surface area contributed by atoms with Crippen molar-refractivity contribution >= 4 is 0 Å². The Morgan fingerprint density at radius 2 is 1.86 bits per heavy atom. The van der Waals surface area contributed by atoms with Gasteiger partial charge in [0, 0.05) is 0 Å². The van der Waals surface area contributed by atoms with Gasteiger partial charge in [0.15, 0.2) is 0 Å². The highest BCUT2D eigenvalue weighted by Crippen LogP contribution is 2.34. The van der Waals surface area contributed by atoms with E-state index in [2.05, 4.69) is 0 Å². The number of hydrogen-bond donors (Lipinski definition) is 1. The van der Waals surface area contributed by atoms with Gasteiger partial charge in [-0.1, -0.05) is 26.8 Å². The predicted molar refractivity (Wildman–Crippen MR) is 55.6 cm³/mol. The number of aliphatic hydroxyl groups is 1. The smallest absolute Gasteiger partial charge is 0.123 e. The fourth-order valence-corrected chi connectivity index (χ4v) is 1.41. The van der Waals surface area contributed by atoms with Crippen molar-refractivity contribution in [2.45, 2.75) is 33.8 Å². The molecule has 78 valence electrons. The third kappa shape index (κ3) is 2.32. The topological polar surface area (TPSA) is 20.2 Å². The van der Waals surface area contributed by atoms with Crippen molar-refractivity contribution in [3.63, 3.8) is 0 Å². The first-order valence-corrected chi connectivity index (χ1v) is 4.76. The van der Waals surface area contributed by atoms with Crippen LogP contribution in [0.3, 0.4) is 0 Å². The van der Waals surface area contributed by atoms with Gasteiger partial charge in [0.1, 0.15) is 5.82 Å². The van der Waals surface area contributed by atoms with E-state index in [1.165, 1.54) is 12.1 Å². The Morgan fingerprint density at radius 3 is 2.29 bits per heavy atom. The molecule has 0 saturated heterocycles. The van der Waals surface area contributed by atoms with Gasteiger partial charge < -0.3 is 5.11 Å². The average Bonchev–Trinajstić information content (AvgIpc) is 2.01. The zero-order valence-corrected chi connectivity index (χ0v) is 9.13. The van der Waals surface area contributed by atoms with Crippen molar-refractivity contribution < 1.29 is 9.50 Å². The van der Waals surface area contributed by atoms with Crippen LogP contribution in [0.4, 0.5) is 4.39 Å². The highest BCUT2D eigenvalue weighted by molar-refractivity contribution is 5.29. The molecule has 2 heteroatoms. The van der Waals surface area contributed by atoms with Gasteiger partial charge in [-0.15, -0.1) is 0 Å². The van der Waals surface area contributed by atoms with E-state index in [1.54, 1.807) is 6.07 Å². The molecule has 1 aromatic carbocycles. The number of benzene rings is 1. The molecular formula is C12H17FO. The second kappa shape index (κ2) is 3.70. The third-order valence-corrected chi connectivity index (χ3v) is 2.35. The Balaban J connectivity index is 3.08. The van der Waals surface area contributed by atoms with E-state index in [4.69, 9.17) is 0 Å². The van der Waals surface area contributed by atoms with Crippen molar-refractivity contribution in [3.8, 4) is 0 Å². The Hall–Kier alpha value is -0.890. The van der Waals surface area contributed by atoms with Crippen LogP contribution in [0.2, 0.25) is 0 Å². The third-order valence-electron chi connectivity index (χ3n) is 2.35. The number of aliphatic hydroxyl groups excluding tert-OH is 1. The molecule has 1 atom stereocenters. The molecule has 1 nitrogen and oxygen atoms in total. The van der Waals surface area contributed by atoms with Crippen LogP contribution < -0.4 is 0 Å². The van der Waals surface area contributed by atoms with Crippen molar-refractivity contribution in [2.75, 3.05) is 0 Å². The lowest BCUT2D eigenvalue weighted by Crippen LogP contribution is -2.18. The highest BCUT2D eigenvalue weighted by atomic mass is 19.1. The summed E-state index contributed by atoms with van der Waals surface area (Å²) in [5.74, 6) is -0.257. The van der Waals surface area contributed by atoms with Gasteiger partial charge in [-0.2, -0.15) is 0 Å². The number of aryl methyl sites for hydroxylation is 1. The largest absolute Gasteiger partial charge is 0.388 e. The van der Waals surface area contributed by atoms with Crippen molar-refractivity contribution in [3.05, 3.63) is 35.1 Å². The minimum Gasteiger partial charge on any atom is -0.388 e. The van der Waals surface area contributed by atoms with Crippen molar-refractivity contribution in [1.29, 1.82) is 0 Å². The molecule has 0 spiro atoms. The SMILES string of the molecule is Cc1cc(F)ccc1C(O)C(C)(C)C. The minimum atomic E-state index is -0.553. The van der Waals surface area contributed by atoms with Crippen LogP contribution in [0, 0.1) is 18.2 Å². The summed E-state index contributed by atoms with van der Waals surface area (Å²) in [4.78, 5) is 0. The van der Waals surface area contributed by atoms with Gasteiger partial charge in [0.25, 0.3) is 0 Å². The normalized spacial score (nSPS) is 14.1. The van der Waals surface area contributed by atoms with Crippen molar-refractivity contribution in [2.24, 2.45) is 5.41 Å². The van der Waals surface area contributed by atoms with Gasteiger partial charge in [-0.05, 0) is 35.6 Å². The second-order valence-electron chi connectivity index (χ2n) is 4.77. The summed E-state index contributed by atoms with van der Waals surface area (Å²) in [6.07, 6.45) is -0.553. The first kappa shape index (κ1) is 11.2. The van der Waals surface area contributed by atoms with E-state index in [-0.39, 0.29) is 11.2 Å². The molecule has 0 aliphatic rings. The summed E-state index contributed by atoms with van der Waals surface area (Å²) in [6.45, 7) is 7.69. The summed E-state index contributed by atoms with van der Waals surface area (Å²) in [6, 6.07) is 4.49. The van der Waals surface area contributed by atoms with Crippen LogP contribution >= 0.6 is 0 Å². The fourth-order valence-electron chi connectivity index (χ4n) is 1.41. The molecule has 0 bridgehead atoms. The molecule has 1 N–H and O–H groups in total. The van der Waals surface area contributed by atoms with Crippen LogP contribution in [0.1, 0.15) is 38.0 Å². The summed E-state index contributed by atoms with van der Waals surface area (Å²) in [5, 5.41) is 10.0. The lowest BCUT2D eigenvalue weighted by atomic mass is 9.83. The van der Waals surface area contributed by atoms with Gasteiger partial charge in [0.05, 0.1) is 6.10 Å². The highest BCUT2D eigenvalue weighted by Gasteiger charge is 2.24. The first-order chi connectivity index (χ1) is 6.32. The van der Waals surface area contributed by atoms with Crippen LogP contribution in [-0.2, 0) is 0 Å². The van der Waals surface area contributed by atoms with E-state index in [9.17, 15) is 9.50 Å². The standard InChI is InChI=1S/C12H17FO/c1-8-7-9(13)5-6-10(8)11(14)12(2,3)4/h5-7,11,14H,1-4H3. The molecule has 0 aliphatic carbocycles. The number of halogens is 1. The lowest BCUT2D eigenvalue weighted by Gasteiger charge is -2.27. The Labute approximate surface area is 84.6 Å². The fraction of sp³-hybridized carbons (Fsp3) is 0.500. The molecule has 0 aliphatic heterocycles. The van der Waals surface area contributed by atoms with Crippen LogP contribution in [0.5, 0.6) is 0 Å². The molecule has 1 unspecified atom stereocenters. The molecule has 1 aromatic rings. The molecule has 14 heavy (non-hydrogen) atoms. The zero-order valence-electron chi connectivity index (χ0n) is 9.13. The maximum atomic E-state index is 12.8. The molecular weight excluding hydrogens is 179 g/mol. The van der Waals surface area contributed by atoms with Crippen molar-refractivity contribution in [1.82, 2.24) is 0 Å². The van der Waals surface area contributed by atoms with Gasteiger partial charge >= 0.3 is 0 Å². The molecule has 0 aromatic heterocycles. The van der Waals surface area contributed by atoms with E-state index < -0.39 is 6.10 Å². The maximum absolute atomic E-state index is 12.8. The molecule has 0 heterocycles. The van der Waals surface area contributed by atoms with E-state index in [0.29, 0.717) is 0 Å². The van der Waals surface area contributed by atoms with Gasteiger partial charge in [-0.3, -0.25) is 0 Å². The zero-order chi connectivity index (χ0) is 10.9. The average molecular weight is 196 g/mol. The number of rotatable bonds is 1. The molecule has 0 amide bonds. The molecule has 0 saturated carbocycles. The number of hydrogen-bond acceptors (Lipinski definition) is 1. The summed E-state index contributed by atoms with van der Waals surface area (Å²) in [5.41, 5.74) is 1.38. The first-order valence-electron chi connectivity index (χ1n) is 4.76. The van der Waals surface area contributed by atoms with Crippen LogP contribution in [0.25, 0.3) is 0 Å². The maximum Gasteiger partial charge on any atom is 0.123 e. The Bertz CT molecular complexity index is 326. The minimum absolute atomic E-state index is 0.220. The van der Waals surface area contributed by atoms with E-state index >= 15 is 0 Å². The molecule has 0 fully saturated rings. The molecule has 0 radical (unpaired) electrons. The van der Waals surface area contributed by atoms with E-state index in [1.807, 2.05) is 27.7 Å². The Kier molecular flexibility index (Phi) is 2.95. The van der Waals surface area contributed by atoms with Crippen LogP contribution in [0.15, 0.2) is 18.2 Å². The van der Waals surface area contributed by atoms with E-state index in [0.717, 1.165) is 11.1 Å². The van der Waals surface area contributed by atoms with Gasteiger partial charge in [-0.25, -0.2) is 4.39 Å². The monoisotopic (exact) mass is 196 g/mol. The van der Waals surface area contributed by atoms with Crippen LogP contribution in [-0.4, -0.2) is 5.11 Å². The summed E-state index contributed by atoms with van der Waals surface area (Å²) >= 11 is 0. The summed E-state index contributed by atoms with van der Waals surface area (Å²) in [7, 11) is 0. The lowest BCUT2D eigenvalue weighted by molar-refractivity contribution is 0.0621. The van der Waals surface area contributed by atoms with Gasteiger partial charge in [0.2, 0.25) is 0 Å².